The molecule has 0 aliphatic carbocycles. The quantitative estimate of drug-likeness (QED) is 0.634. The Balaban J connectivity index is 2.60. The van der Waals surface area contributed by atoms with Gasteiger partial charge in [0, 0.05) is 18.7 Å². The van der Waals surface area contributed by atoms with Gasteiger partial charge in [0.2, 0.25) is 0 Å². The summed E-state index contributed by atoms with van der Waals surface area (Å²) in [5, 5.41) is 30.1. The Morgan fingerprint density at radius 1 is 1.18 bits per heavy atom. The molecule has 96 valence electrons. The number of hydrogen-bond donors (Lipinski definition) is 4. The highest BCUT2D eigenvalue weighted by molar-refractivity contribution is 5.37. The summed E-state index contributed by atoms with van der Waals surface area (Å²) in [5.41, 5.74) is 0.545. The fourth-order valence-corrected chi connectivity index (χ4v) is 1.37. The summed E-state index contributed by atoms with van der Waals surface area (Å²) in [4.78, 5) is 0. The first-order valence-corrected chi connectivity index (χ1v) is 5.12. The maximum atomic E-state index is 12.0. The molecule has 1 rings (SSSR count). The molecule has 2 atom stereocenters. The summed E-state index contributed by atoms with van der Waals surface area (Å²) < 4.78 is 24.1. The number of benzene rings is 1. The van der Waals surface area contributed by atoms with Crippen molar-refractivity contribution in [1.82, 2.24) is 5.32 Å². The molecule has 17 heavy (non-hydrogen) atoms. The van der Waals surface area contributed by atoms with Gasteiger partial charge < -0.3 is 20.6 Å². The van der Waals surface area contributed by atoms with Crippen LogP contribution in [0.4, 0.5) is 8.78 Å². The number of halogens is 2. The number of aliphatic hydroxyl groups is 1. The molecular weight excluding hydrogens is 232 g/mol. The van der Waals surface area contributed by atoms with Crippen molar-refractivity contribution in [1.29, 1.82) is 0 Å². The minimum Gasteiger partial charge on any atom is -0.508 e. The van der Waals surface area contributed by atoms with Crippen molar-refractivity contribution in [3.05, 3.63) is 23.8 Å². The van der Waals surface area contributed by atoms with Gasteiger partial charge in [0.1, 0.15) is 17.6 Å². The van der Waals surface area contributed by atoms with Crippen LogP contribution >= 0.6 is 0 Å². The van der Waals surface area contributed by atoms with Crippen LogP contribution in [0.3, 0.4) is 0 Å². The van der Waals surface area contributed by atoms with Gasteiger partial charge in [-0.25, -0.2) is 8.78 Å². The zero-order valence-corrected chi connectivity index (χ0v) is 9.27. The molecule has 1 aromatic rings. The number of nitrogens with one attached hydrogen (secondary N) is 1. The van der Waals surface area contributed by atoms with Crippen LogP contribution in [-0.2, 0) is 0 Å². The number of phenolic OH excluding ortho intramolecular Hbond substituents is 2. The van der Waals surface area contributed by atoms with Gasteiger partial charge in [-0.3, -0.25) is 0 Å². The molecule has 4 N–H and O–H groups in total. The van der Waals surface area contributed by atoms with Gasteiger partial charge in [0.05, 0.1) is 0 Å². The molecule has 2 unspecified atom stereocenters. The number of hydrogen-bond acceptors (Lipinski definition) is 4. The molecule has 0 aliphatic heterocycles. The third-order valence-electron chi connectivity index (χ3n) is 2.35. The zero-order valence-electron chi connectivity index (χ0n) is 9.27. The Kier molecular flexibility index (Phi) is 4.65. The van der Waals surface area contributed by atoms with Gasteiger partial charge in [-0.2, -0.15) is 0 Å². The van der Waals surface area contributed by atoms with E-state index >= 15 is 0 Å². The average molecular weight is 247 g/mol. The number of aliphatic hydroxyl groups excluding tert-OH is 1. The number of aromatic hydroxyl groups is 2. The van der Waals surface area contributed by atoms with Gasteiger partial charge in [-0.1, -0.05) is 0 Å². The van der Waals surface area contributed by atoms with Crippen LogP contribution in [0.2, 0.25) is 0 Å². The van der Waals surface area contributed by atoms with E-state index < -0.39 is 12.5 Å². The number of phenols is 2. The second-order valence-corrected chi connectivity index (χ2v) is 3.81. The van der Waals surface area contributed by atoms with Crippen LogP contribution in [0.25, 0.3) is 0 Å². The normalized spacial score (nSPS) is 14.9. The predicted octanol–water partition coefficient (Wildman–Crippen LogP) is 1.37. The van der Waals surface area contributed by atoms with Crippen molar-refractivity contribution < 1.29 is 24.1 Å². The van der Waals surface area contributed by atoms with E-state index in [1.807, 2.05) is 0 Å². The fraction of sp³-hybridized carbons (Fsp3) is 0.455. The van der Waals surface area contributed by atoms with Crippen molar-refractivity contribution in [2.75, 3.05) is 6.54 Å². The third-order valence-corrected chi connectivity index (χ3v) is 2.35. The Labute approximate surface area is 97.5 Å². The summed E-state index contributed by atoms with van der Waals surface area (Å²) >= 11 is 0. The molecule has 0 radical (unpaired) electrons. The van der Waals surface area contributed by atoms with Crippen LogP contribution in [0, 0.1) is 0 Å². The molecule has 0 aromatic heterocycles. The van der Waals surface area contributed by atoms with E-state index in [0.717, 1.165) is 0 Å². The van der Waals surface area contributed by atoms with Gasteiger partial charge in [-0.05, 0) is 24.6 Å². The molecule has 0 heterocycles. The van der Waals surface area contributed by atoms with E-state index in [-0.39, 0.29) is 24.1 Å². The molecular formula is C11H15F2NO3. The highest BCUT2D eigenvalue weighted by Gasteiger charge is 2.17. The molecule has 0 saturated carbocycles. The molecule has 0 spiro atoms. The summed E-state index contributed by atoms with van der Waals surface area (Å²) in [6.07, 6.45) is -4.53. The molecule has 0 amide bonds. The lowest BCUT2D eigenvalue weighted by molar-refractivity contribution is -0.00439. The van der Waals surface area contributed by atoms with Crippen LogP contribution < -0.4 is 5.32 Å². The molecule has 0 saturated heterocycles. The lowest BCUT2D eigenvalue weighted by Crippen LogP contribution is -2.33. The minimum atomic E-state index is -2.80. The zero-order chi connectivity index (χ0) is 13.0. The highest BCUT2D eigenvalue weighted by Crippen LogP contribution is 2.24. The summed E-state index contributed by atoms with van der Waals surface area (Å²) in [7, 11) is 0. The molecule has 6 heteroatoms. The van der Waals surface area contributed by atoms with Gasteiger partial charge in [0.25, 0.3) is 6.43 Å². The first-order chi connectivity index (χ1) is 7.90. The topological polar surface area (TPSA) is 72.7 Å². The standard InChI is InChI=1S/C11H15F2NO3/c1-6(14-5-10(17)11(12)13)7-2-8(15)4-9(16)3-7/h2-4,6,10-11,14-17H,5H2,1H3. The van der Waals surface area contributed by atoms with Crippen molar-refractivity contribution in [3.8, 4) is 11.5 Å². The second kappa shape index (κ2) is 5.79. The maximum absolute atomic E-state index is 12.0. The minimum absolute atomic E-state index is 0.108. The molecule has 1 aromatic carbocycles. The summed E-state index contributed by atoms with van der Waals surface area (Å²) in [6, 6.07) is 3.61. The van der Waals surface area contributed by atoms with E-state index in [0.29, 0.717) is 5.56 Å². The van der Waals surface area contributed by atoms with E-state index in [2.05, 4.69) is 5.32 Å². The van der Waals surface area contributed by atoms with Crippen molar-refractivity contribution in [2.45, 2.75) is 25.5 Å². The average Bonchev–Trinajstić information content (AvgIpc) is 2.23. The third kappa shape index (κ3) is 4.16. The molecule has 0 fully saturated rings. The number of rotatable bonds is 5. The second-order valence-electron chi connectivity index (χ2n) is 3.81. The van der Waals surface area contributed by atoms with Gasteiger partial charge in [-0.15, -0.1) is 0 Å². The van der Waals surface area contributed by atoms with Crippen LogP contribution in [0.1, 0.15) is 18.5 Å². The molecule has 4 nitrogen and oxygen atoms in total. The molecule has 0 bridgehead atoms. The summed E-state index contributed by atoms with van der Waals surface area (Å²) in [5.74, 6) is -0.217. The lowest BCUT2D eigenvalue weighted by atomic mass is 10.1. The van der Waals surface area contributed by atoms with Crippen LogP contribution in [-0.4, -0.2) is 34.4 Å². The van der Waals surface area contributed by atoms with Gasteiger partial charge in [0.15, 0.2) is 0 Å². The van der Waals surface area contributed by atoms with Crippen LogP contribution in [0.5, 0.6) is 11.5 Å². The van der Waals surface area contributed by atoms with Crippen LogP contribution in [0.15, 0.2) is 18.2 Å². The van der Waals surface area contributed by atoms with E-state index in [1.54, 1.807) is 6.92 Å². The first kappa shape index (κ1) is 13.7. The van der Waals surface area contributed by atoms with E-state index in [1.165, 1.54) is 18.2 Å². The predicted molar refractivity (Wildman–Crippen MR) is 58.2 cm³/mol. The SMILES string of the molecule is CC(NCC(O)C(F)F)c1cc(O)cc(O)c1. The Morgan fingerprint density at radius 3 is 2.18 bits per heavy atom. The largest absolute Gasteiger partial charge is 0.508 e. The van der Waals surface area contributed by atoms with E-state index in [9.17, 15) is 19.0 Å². The lowest BCUT2D eigenvalue weighted by Gasteiger charge is -2.17. The Hall–Kier alpha value is -1.40. The van der Waals surface area contributed by atoms with Crippen molar-refractivity contribution in [2.24, 2.45) is 0 Å². The monoisotopic (exact) mass is 247 g/mol. The Bertz CT molecular complexity index is 353. The maximum Gasteiger partial charge on any atom is 0.265 e. The highest BCUT2D eigenvalue weighted by atomic mass is 19.3. The first-order valence-electron chi connectivity index (χ1n) is 5.12. The summed E-state index contributed by atoms with van der Waals surface area (Å²) in [6.45, 7) is 1.40. The smallest absolute Gasteiger partial charge is 0.265 e. The van der Waals surface area contributed by atoms with Gasteiger partial charge >= 0.3 is 0 Å². The molecule has 0 aliphatic rings. The fourth-order valence-electron chi connectivity index (χ4n) is 1.37. The van der Waals surface area contributed by atoms with E-state index in [4.69, 9.17) is 5.11 Å². The number of alkyl halides is 2. The Morgan fingerprint density at radius 2 is 1.71 bits per heavy atom. The van der Waals surface area contributed by atoms with Crippen molar-refractivity contribution >= 4 is 0 Å². The van der Waals surface area contributed by atoms with Crippen molar-refractivity contribution in [3.63, 3.8) is 0 Å².